The van der Waals surface area contributed by atoms with Gasteiger partial charge in [-0.05, 0) is 124 Å². The molecule has 13 rings (SSSR count). The van der Waals surface area contributed by atoms with Crippen LogP contribution < -0.4 is 36.4 Å². The number of morpholine rings is 1. The number of hydrogen-bond acceptors (Lipinski definition) is 19. The van der Waals surface area contributed by atoms with Crippen molar-refractivity contribution in [2.45, 2.75) is 88.4 Å². The van der Waals surface area contributed by atoms with Crippen molar-refractivity contribution < 1.29 is 23.8 Å². The molecular formula is C63H78N16O5. The van der Waals surface area contributed by atoms with Crippen LogP contribution in [0.25, 0.3) is 22.8 Å². The molecular weight excluding hydrogens is 1060 g/mol. The number of amides is 2. The maximum absolute atomic E-state index is 14.6. The Bertz CT molecular complexity index is 3270. The molecule has 21 nitrogen and oxygen atoms in total. The second-order valence-corrected chi connectivity index (χ2v) is 23.5. The van der Waals surface area contributed by atoms with Gasteiger partial charge in [-0.2, -0.15) is 0 Å². The number of hydrogen-bond donors (Lipinski definition) is 4. The third kappa shape index (κ3) is 11.6. The highest BCUT2D eigenvalue weighted by Crippen LogP contribution is 2.47. The summed E-state index contributed by atoms with van der Waals surface area (Å²) in [6.07, 6.45) is 12.2. The number of rotatable bonds is 17. The molecule has 0 atom stereocenters. The molecule has 440 valence electrons. The van der Waals surface area contributed by atoms with E-state index < -0.39 is 5.91 Å². The smallest absolute Gasteiger partial charge is 0.274 e. The SMILES string of the molecule is CCc1cc(Nc2nc(N3CCC34CCOCC4)c(-c3ccccn3)nc2C(N)=O)ccc1N1CCC(N2CCN(CNC(=O)c3nc(-c4ccccn4)c(N4CCC45CCOCC5)nc3Nc3ccc(CN4CCOCC4)cc3)CC2)CC1. The van der Waals surface area contributed by atoms with E-state index in [1.165, 1.54) is 16.8 Å². The van der Waals surface area contributed by atoms with E-state index in [0.717, 1.165) is 160 Å². The van der Waals surface area contributed by atoms with Crippen molar-refractivity contribution in [3.05, 3.63) is 114 Å². The van der Waals surface area contributed by atoms with Crippen LogP contribution in [0.3, 0.4) is 0 Å². The Morgan fingerprint density at radius 3 is 1.70 bits per heavy atom. The molecule has 84 heavy (non-hydrogen) atoms. The summed E-state index contributed by atoms with van der Waals surface area (Å²) in [6.45, 7) is 16.7. The Hall–Kier alpha value is -7.40. The lowest BCUT2D eigenvalue weighted by molar-refractivity contribution is 0.0283. The molecule has 7 fully saturated rings. The van der Waals surface area contributed by atoms with Crippen LogP contribution in [-0.4, -0.2) is 185 Å². The molecule has 7 aliphatic rings. The molecule has 4 aromatic heterocycles. The number of primary amides is 1. The lowest BCUT2D eigenvalue weighted by Gasteiger charge is -2.55. The Labute approximate surface area is 491 Å². The van der Waals surface area contributed by atoms with Crippen LogP contribution in [0.1, 0.15) is 90.4 Å². The fraction of sp³-hybridized carbons (Fsp3) is 0.492. The van der Waals surface area contributed by atoms with Crippen LogP contribution in [-0.2, 0) is 27.2 Å². The molecule has 7 aliphatic heterocycles. The van der Waals surface area contributed by atoms with Crippen LogP contribution in [0.15, 0.2) is 91.3 Å². The number of anilines is 7. The Balaban J connectivity index is 0.659. The quantitative estimate of drug-likeness (QED) is 0.0732. The van der Waals surface area contributed by atoms with Gasteiger partial charge in [0, 0.05) is 145 Å². The number of ether oxygens (including phenoxy) is 3. The summed E-state index contributed by atoms with van der Waals surface area (Å²) in [5.41, 5.74) is 14.0. The van der Waals surface area contributed by atoms with E-state index in [1.807, 2.05) is 36.4 Å². The van der Waals surface area contributed by atoms with Crippen molar-refractivity contribution in [2.24, 2.45) is 5.73 Å². The molecule has 2 aromatic carbocycles. The van der Waals surface area contributed by atoms with E-state index in [0.29, 0.717) is 79.4 Å². The van der Waals surface area contributed by atoms with Gasteiger partial charge in [0.25, 0.3) is 11.8 Å². The maximum Gasteiger partial charge on any atom is 0.274 e. The van der Waals surface area contributed by atoms with Gasteiger partial charge in [-0.3, -0.25) is 34.3 Å². The number of piperidine rings is 1. The van der Waals surface area contributed by atoms with E-state index in [1.54, 1.807) is 12.4 Å². The minimum absolute atomic E-state index is 0.0651. The van der Waals surface area contributed by atoms with E-state index in [4.69, 9.17) is 44.9 Å². The van der Waals surface area contributed by atoms with Crippen LogP contribution in [0.2, 0.25) is 0 Å². The highest BCUT2D eigenvalue weighted by Gasteiger charge is 2.49. The average molecular weight is 1140 g/mol. The van der Waals surface area contributed by atoms with Gasteiger partial charge in [0.05, 0.1) is 31.3 Å². The number of benzene rings is 2. The minimum Gasteiger partial charge on any atom is -0.381 e. The molecule has 0 bridgehead atoms. The van der Waals surface area contributed by atoms with E-state index in [2.05, 4.69) is 99.7 Å². The standard InChI is InChI=1S/C63H78N16O5/c1-2-45-41-47(69-57-54(56(64)80)70-52(49-7-3-5-23-65-49)59(72-57)78-27-17-62(78)19-35-82-36-20-62)13-14-51(45)77-25-15-48(16-26-77)76-31-29-75(30-32-76)43-67-61(81)55-58(68-46-11-9-44(10-12-46)42-74-33-39-84-40-34-74)73-60(53(71-55)50-8-4-6-24-66-50)79-28-18-63(79)21-37-83-38-22-63/h3-14,23-24,41,48H,2,15-22,25-40,42-43H2,1H3,(H2,64,80)(H,67,81)(H,68,73)(H,69,72). The van der Waals surface area contributed by atoms with Crippen molar-refractivity contribution in [1.29, 1.82) is 0 Å². The Kier molecular flexibility index (Phi) is 16.4. The summed E-state index contributed by atoms with van der Waals surface area (Å²) in [5.74, 6) is 1.25. The van der Waals surface area contributed by atoms with Crippen molar-refractivity contribution in [3.63, 3.8) is 0 Å². The summed E-state index contributed by atoms with van der Waals surface area (Å²) in [4.78, 5) is 72.3. The summed E-state index contributed by atoms with van der Waals surface area (Å²) >= 11 is 0. The molecule has 21 heteroatoms. The van der Waals surface area contributed by atoms with Gasteiger partial charge >= 0.3 is 0 Å². The summed E-state index contributed by atoms with van der Waals surface area (Å²) in [6, 6.07) is 26.8. The second-order valence-electron chi connectivity index (χ2n) is 23.5. The number of carbonyl (C=O) groups is 2. The predicted octanol–water partition coefficient (Wildman–Crippen LogP) is 6.86. The third-order valence-electron chi connectivity index (χ3n) is 18.8. The van der Waals surface area contributed by atoms with Crippen molar-refractivity contribution >= 4 is 52.1 Å². The molecule has 0 unspecified atom stereocenters. The number of nitrogens with two attached hydrogens (primary N) is 1. The molecule has 7 saturated heterocycles. The number of aryl methyl sites for hydroxylation is 1. The fourth-order valence-electron chi connectivity index (χ4n) is 13.6. The predicted molar refractivity (Wildman–Crippen MR) is 324 cm³/mol. The highest BCUT2D eigenvalue weighted by atomic mass is 16.5. The lowest BCUT2D eigenvalue weighted by Crippen LogP contribution is -2.63. The normalized spacial score (nSPS) is 20.3. The van der Waals surface area contributed by atoms with Gasteiger partial charge in [0.15, 0.2) is 34.7 Å². The first-order valence-electron chi connectivity index (χ1n) is 30.4. The number of carbonyl (C=O) groups excluding carboxylic acids is 2. The van der Waals surface area contributed by atoms with Crippen LogP contribution >= 0.6 is 0 Å². The topological polar surface area (TPSA) is 221 Å². The number of piperazine rings is 1. The van der Waals surface area contributed by atoms with E-state index in [-0.39, 0.29) is 28.4 Å². The summed E-state index contributed by atoms with van der Waals surface area (Å²) < 4.78 is 17.2. The molecule has 0 aliphatic carbocycles. The maximum atomic E-state index is 14.6. The first-order valence-corrected chi connectivity index (χ1v) is 30.4. The van der Waals surface area contributed by atoms with Crippen LogP contribution in [0.4, 0.5) is 40.3 Å². The average Bonchev–Trinajstić information content (AvgIpc) is 2.40. The van der Waals surface area contributed by atoms with Gasteiger partial charge in [-0.15, -0.1) is 0 Å². The molecule has 6 aromatic rings. The molecule has 2 amide bonds. The molecule has 0 radical (unpaired) electrons. The number of nitrogens with zero attached hydrogens (tertiary/aromatic N) is 12. The van der Waals surface area contributed by atoms with Crippen LogP contribution in [0, 0.1) is 0 Å². The first-order chi connectivity index (χ1) is 41.2. The van der Waals surface area contributed by atoms with E-state index in [9.17, 15) is 9.59 Å². The molecule has 11 heterocycles. The largest absolute Gasteiger partial charge is 0.381 e. The summed E-state index contributed by atoms with van der Waals surface area (Å²) in [5, 5.41) is 10.3. The zero-order chi connectivity index (χ0) is 57.0. The monoisotopic (exact) mass is 1140 g/mol. The number of pyridine rings is 2. The minimum atomic E-state index is -0.657. The molecule has 2 spiro atoms. The highest BCUT2D eigenvalue weighted by molar-refractivity contribution is 5.99. The fourth-order valence-corrected chi connectivity index (χ4v) is 13.6. The lowest BCUT2D eigenvalue weighted by atomic mass is 9.78. The van der Waals surface area contributed by atoms with Gasteiger partial charge in [-0.1, -0.05) is 31.2 Å². The van der Waals surface area contributed by atoms with Gasteiger partial charge in [0.2, 0.25) is 0 Å². The zero-order valence-corrected chi connectivity index (χ0v) is 48.3. The molecule has 0 saturated carbocycles. The Morgan fingerprint density at radius 1 is 0.595 bits per heavy atom. The van der Waals surface area contributed by atoms with Gasteiger partial charge in [-0.25, -0.2) is 19.9 Å². The number of aromatic nitrogens is 6. The second kappa shape index (κ2) is 24.7. The van der Waals surface area contributed by atoms with Gasteiger partial charge < -0.3 is 50.6 Å². The van der Waals surface area contributed by atoms with Crippen molar-refractivity contribution in [1.82, 2.24) is 49.9 Å². The third-order valence-corrected chi connectivity index (χ3v) is 18.8. The molecule has 5 N–H and O–H groups in total. The van der Waals surface area contributed by atoms with Crippen molar-refractivity contribution in [2.75, 3.05) is 137 Å². The summed E-state index contributed by atoms with van der Waals surface area (Å²) in [7, 11) is 0. The van der Waals surface area contributed by atoms with Crippen LogP contribution in [0.5, 0.6) is 0 Å². The number of nitrogens with one attached hydrogen (secondary N) is 3. The van der Waals surface area contributed by atoms with Crippen molar-refractivity contribution in [3.8, 4) is 22.8 Å². The Morgan fingerprint density at radius 2 is 1.15 bits per heavy atom. The first kappa shape index (κ1) is 55.8. The zero-order valence-electron chi connectivity index (χ0n) is 48.3. The van der Waals surface area contributed by atoms with Gasteiger partial charge in [0.1, 0.15) is 11.4 Å². The van der Waals surface area contributed by atoms with E-state index >= 15 is 0 Å².